The van der Waals surface area contributed by atoms with Crippen molar-refractivity contribution in [1.29, 1.82) is 0 Å². The minimum Gasteiger partial charge on any atom is -0.364 e. The molecule has 2 aromatic rings. The van der Waals surface area contributed by atoms with Crippen molar-refractivity contribution in [2.45, 2.75) is 45.4 Å². The van der Waals surface area contributed by atoms with Gasteiger partial charge >= 0.3 is 0 Å². The van der Waals surface area contributed by atoms with Gasteiger partial charge in [0.05, 0.1) is 6.10 Å². The topological polar surface area (TPSA) is 60.2 Å². The molecule has 0 aliphatic carbocycles. The Morgan fingerprint density at radius 2 is 2.30 bits per heavy atom. The average molecular weight is 293 g/mol. The highest BCUT2D eigenvalue weighted by Gasteiger charge is 2.30. The Morgan fingerprint density at radius 1 is 1.40 bits per heavy atom. The number of aryl methyl sites for hydroxylation is 2. The van der Waals surface area contributed by atoms with E-state index in [-0.39, 0.29) is 12.2 Å². The molecular formula is C14H19N3O2S. The number of aromatic nitrogens is 2. The first-order chi connectivity index (χ1) is 9.72. The lowest BCUT2D eigenvalue weighted by Gasteiger charge is -2.12. The third kappa shape index (κ3) is 3.08. The molecular weight excluding hydrogens is 274 g/mol. The lowest BCUT2D eigenvalue weighted by Crippen LogP contribution is -2.26. The van der Waals surface area contributed by atoms with Crippen molar-refractivity contribution in [3.05, 3.63) is 33.6 Å². The highest BCUT2D eigenvalue weighted by Crippen LogP contribution is 2.31. The van der Waals surface area contributed by atoms with Gasteiger partial charge in [-0.1, -0.05) is 5.16 Å². The molecule has 0 saturated carbocycles. The molecule has 1 aliphatic heterocycles. The summed E-state index contributed by atoms with van der Waals surface area (Å²) in [7, 11) is 0. The summed E-state index contributed by atoms with van der Waals surface area (Å²) in [6.07, 6.45) is 2.17. The molecule has 1 fully saturated rings. The molecule has 1 saturated heterocycles. The van der Waals surface area contributed by atoms with Crippen molar-refractivity contribution in [1.82, 2.24) is 15.5 Å². The summed E-state index contributed by atoms with van der Waals surface area (Å²) in [5, 5.41) is 9.41. The number of thiophene rings is 1. The van der Waals surface area contributed by atoms with Crippen LogP contribution in [0.1, 0.15) is 41.1 Å². The van der Waals surface area contributed by atoms with Gasteiger partial charge in [-0.15, -0.1) is 11.3 Å². The van der Waals surface area contributed by atoms with Crippen LogP contribution in [0, 0.1) is 13.8 Å². The molecule has 0 unspecified atom stereocenters. The predicted octanol–water partition coefficient (Wildman–Crippen LogP) is 2.76. The van der Waals surface area contributed by atoms with Crippen LogP contribution in [0.15, 0.2) is 16.0 Å². The Bertz CT molecular complexity index is 566. The van der Waals surface area contributed by atoms with Gasteiger partial charge in [-0.25, -0.2) is 0 Å². The minimum atomic E-state index is -0.0357. The number of hydrogen-bond acceptors (Lipinski definition) is 6. The van der Waals surface area contributed by atoms with E-state index >= 15 is 0 Å². The first-order valence-electron chi connectivity index (χ1n) is 6.91. The van der Waals surface area contributed by atoms with Gasteiger partial charge in [0.1, 0.15) is 6.10 Å². The molecule has 2 aromatic heterocycles. The zero-order valence-electron chi connectivity index (χ0n) is 11.8. The molecule has 0 amide bonds. The maximum atomic E-state index is 5.96. The van der Waals surface area contributed by atoms with Crippen LogP contribution in [0.2, 0.25) is 0 Å². The van der Waals surface area contributed by atoms with Crippen LogP contribution in [0.5, 0.6) is 0 Å². The van der Waals surface area contributed by atoms with Crippen LogP contribution < -0.4 is 5.32 Å². The molecule has 0 radical (unpaired) electrons. The third-order valence-electron chi connectivity index (χ3n) is 3.55. The Morgan fingerprint density at radius 3 is 3.00 bits per heavy atom. The second kappa shape index (κ2) is 6.03. The van der Waals surface area contributed by atoms with Crippen LogP contribution >= 0.6 is 11.3 Å². The third-order valence-corrected chi connectivity index (χ3v) is 4.57. The van der Waals surface area contributed by atoms with Gasteiger partial charge in [0, 0.05) is 18.0 Å². The smallest absolute Gasteiger partial charge is 0.255 e. The summed E-state index contributed by atoms with van der Waals surface area (Å²) in [5.74, 6) is 1.28. The maximum Gasteiger partial charge on any atom is 0.255 e. The second-order valence-electron chi connectivity index (χ2n) is 5.16. The SMILES string of the molecule is Cc1noc([C@@H]2CC[C@H](CNCc3sccc3C)O2)n1. The van der Waals surface area contributed by atoms with Crippen LogP contribution in [0.3, 0.4) is 0 Å². The Hall–Kier alpha value is -1.24. The summed E-state index contributed by atoms with van der Waals surface area (Å²) in [6, 6.07) is 2.15. The van der Waals surface area contributed by atoms with Crippen molar-refractivity contribution < 1.29 is 9.26 Å². The molecule has 20 heavy (non-hydrogen) atoms. The van der Waals surface area contributed by atoms with Gasteiger partial charge in [0.15, 0.2) is 5.82 Å². The van der Waals surface area contributed by atoms with E-state index in [0.29, 0.717) is 11.7 Å². The van der Waals surface area contributed by atoms with Crippen molar-refractivity contribution in [2.24, 2.45) is 0 Å². The van der Waals surface area contributed by atoms with E-state index < -0.39 is 0 Å². The number of nitrogens with zero attached hydrogens (tertiary/aromatic N) is 2. The van der Waals surface area contributed by atoms with Gasteiger partial charge in [-0.05, 0) is 43.7 Å². The highest BCUT2D eigenvalue weighted by atomic mass is 32.1. The van der Waals surface area contributed by atoms with E-state index in [0.717, 1.165) is 25.9 Å². The van der Waals surface area contributed by atoms with Crippen molar-refractivity contribution in [2.75, 3.05) is 6.54 Å². The van der Waals surface area contributed by atoms with Crippen LogP contribution in [0.25, 0.3) is 0 Å². The van der Waals surface area contributed by atoms with Crippen LogP contribution in [0.4, 0.5) is 0 Å². The van der Waals surface area contributed by atoms with Gasteiger partial charge in [0.25, 0.3) is 5.89 Å². The predicted molar refractivity (Wildman–Crippen MR) is 76.6 cm³/mol. The van der Waals surface area contributed by atoms with Gasteiger partial charge < -0.3 is 14.6 Å². The number of rotatable bonds is 5. The largest absolute Gasteiger partial charge is 0.364 e. The fourth-order valence-corrected chi connectivity index (χ4v) is 3.29. The Labute approximate surface area is 122 Å². The normalized spacial score (nSPS) is 22.5. The van der Waals surface area contributed by atoms with E-state index in [9.17, 15) is 0 Å². The molecule has 3 rings (SSSR count). The van der Waals surface area contributed by atoms with Crippen molar-refractivity contribution >= 4 is 11.3 Å². The molecule has 6 heteroatoms. The maximum absolute atomic E-state index is 5.96. The standard InChI is InChI=1S/C14H19N3O2S/c1-9-5-6-20-13(9)8-15-7-11-3-4-12(18-11)14-16-10(2)17-19-14/h5-6,11-12,15H,3-4,7-8H2,1-2H3/t11-,12+/m1/s1. The molecule has 0 spiro atoms. The highest BCUT2D eigenvalue weighted by molar-refractivity contribution is 7.10. The number of ether oxygens (including phenoxy) is 1. The van der Waals surface area contributed by atoms with E-state index in [1.807, 2.05) is 6.92 Å². The van der Waals surface area contributed by atoms with Gasteiger partial charge in [0.2, 0.25) is 0 Å². The zero-order valence-corrected chi connectivity index (χ0v) is 12.6. The van der Waals surface area contributed by atoms with E-state index in [2.05, 4.69) is 33.8 Å². The second-order valence-corrected chi connectivity index (χ2v) is 6.16. The van der Waals surface area contributed by atoms with E-state index in [1.54, 1.807) is 11.3 Å². The number of hydrogen-bond donors (Lipinski definition) is 1. The van der Waals surface area contributed by atoms with E-state index in [1.165, 1.54) is 10.4 Å². The molecule has 3 heterocycles. The summed E-state index contributed by atoms with van der Waals surface area (Å²) in [5.41, 5.74) is 1.36. The van der Waals surface area contributed by atoms with Crippen LogP contribution in [-0.2, 0) is 11.3 Å². The summed E-state index contributed by atoms with van der Waals surface area (Å²) < 4.78 is 11.1. The fourth-order valence-electron chi connectivity index (χ4n) is 2.41. The molecule has 2 atom stereocenters. The quantitative estimate of drug-likeness (QED) is 0.918. The summed E-state index contributed by atoms with van der Waals surface area (Å²) >= 11 is 1.80. The molecule has 0 bridgehead atoms. The fraction of sp³-hybridized carbons (Fsp3) is 0.571. The van der Waals surface area contributed by atoms with Crippen molar-refractivity contribution in [3.63, 3.8) is 0 Å². The zero-order chi connectivity index (χ0) is 13.9. The van der Waals surface area contributed by atoms with Gasteiger partial charge in [-0.2, -0.15) is 4.98 Å². The van der Waals surface area contributed by atoms with E-state index in [4.69, 9.17) is 9.26 Å². The van der Waals surface area contributed by atoms with Gasteiger partial charge in [-0.3, -0.25) is 0 Å². The first kappa shape index (κ1) is 13.7. The van der Waals surface area contributed by atoms with Crippen LogP contribution in [-0.4, -0.2) is 22.8 Å². The van der Waals surface area contributed by atoms with Crippen molar-refractivity contribution in [3.8, 4) is 0 Å². The molecule has 1 aliphatic rings. The molecule has 0 aromatic carbocycles. The summed E-state index contributed by atoms with van der Waals surface area (Å²) in [6.45, 7) is 5.74. The summed E-state index contributed by atoms with van der Waals surface area (Å²) in [4.78, 5) is 5.63. The minimum absolute atomic E-state index is 0.0357. The number of nitrogens with one attached hydrogen (secondary N) is 1. The Balaban J connectivity index is 1.45. The lowest BCUT2D eigenvalue weighted by atomic mass is 10.2. The lowest BCUT2D eigenvalue weighted by molar-refractivity contribution is 0.0264. The molecule has 108 valence electrons. The molecule has 1 N–H and O–H groups in total. The monoisotopic (exact) mass is 293 g/mol. The average Bonchev–Trinajstić information content (AvgIpc) is 3.12. The Kier molecular flexibility index (Phi) is 4.14. The molecule has 5 nitrogen and oxygen atoms in total. The first-order valence-corrected chi connectivity index (χ1v) is 7.79.